The van der Waals surface area contributed by atoms with E-state index >= 15 is 0 Å². The van der Waals surface area contributed by atoms with Gasteiger partial charge in [0.25, 0.3) is 0 Å². The molecule has 1 aliphatic heterocycles. The molecule has 1 N–H and O–H groups in total. The van der Waals surface area contributed by atoms with Gasteiger partial charge in [-0.05, 0) is 6.07 Å². The lowest BCUT2D eigenvalue weighted by Crippen LogP contribution is -2.43. The van der Waals surface area contributed by atoms with Crippen LogP contribution in [-0.2, 0) is 19.1 Å². The predicted molar refractivity (Wildman–Crippen MR) is 87.8 cm³/mol. The molecule has 0 radical (unpaired) electrons. The number of nitrogens with zero attached hydrogens (tertiary/aromatic N) is 1. The van der Waals surface area contributed by atoms with Gasteiger partial charge < -0.3 is 19.5 Å². The largest absolute Gasteiger partial charge is 0.493 e. The smallest absolute Gasteiger partial charge is 0.319 e. The van der Waals surface area contributed by atoms with Gasteiger partial charge in [0.05, 0.1) is 39.5 Å². The third-order valence-corrected chi connectivity index (χ3v) is 3.85. The Morgan fingerprint density at radius 2 is 2.08 bits per heavy atom. The average Bonchev–Trinajstić information content (AvgIpc) is 2.59. The minimum atomic E-state index is -0.379. The second kappa shape index (κ2) is 9.24. The summed E-state index contributed by atoms with van der Waals surface area (Å²) in [4.78, 5) is 25.5. The van der Waals surface area contributed by atoms with Crippen LogP contribution in [0.4, 0.5) is 0 Å². The first-order chi connectivity index (χ1) is 11.6. The van der Waals surface area contributed by atoms with E-state index in [1.165, 1.54) is 7.11 Å². The van der Waals surface area contributed by atoms with Crippen molar-refractivity contribution in [3.05, 3.63) is 29.8 Å². The maximum absolute atomic E-state index is 12.4. The Kier molecular flexibility index (Phi) is 7.02. The molecule has 24 heavy (non-hydrogen) atoms. The molecular weight excluding hydrogens is 312 g/mol. The molecule has 0 unspecified atom stereocenters. The van der Waals surface area contributed by atoms with Gasteiger partial charge in [-0.15, -0.1) is 0 Å². The van der Waals surface area contributed by atoms with Crippen LogP contribution >= 0.6 is 0 Å². The van der Waals surface area contributed by atoms with Crippen LogP contribution in [0.25, 0.3) is 0 Å². The molecule has 1 heterocycles. The average molecular weight is 336 g/mol. The summed E-state index contributed by atoms with van der Waals surface area (Å²) in [7, 11) is 2.91. The van der Waals surface area contributed by atoms with Crippen molar-refractivity contribution in [1.29, 1.82) is 0 Å². The number of benzene rings is 1. The Bertz CT molecular complexity index is 564. The normalized spacial score (nSPS) is 16.2. The van der Waals surface area contributed by atoms with Crippen molar-refractivity contribution in [3.8, 4) is 5.75 Å². The molecule has 1 atom stereocenters. The topological polar surface area (TPSA) is 77.1 Å². The van der Waals surface area contributed by atoms with Crippen LogP contribution in [-0.4, -0.2) is 63.8 Å². The second-order valence-corrected chi connectivity index (χ2v) is 5.57. The zero-order valence-corrected chi connectivity index (χ0v) is 14.1. The Morgan fingerprint density at radius 3 is 2.83 bits per heavy atom. The molecule has 7 nitrogen and oxygen atoms in total. The molecule has 132 valence electrons. The quantitative estimate of drug-likeness (QED) is 0.706. The van der Waals surface area contributed by atoms with Crippen LogP contribution in [0.1, 0.15) is 18.0 Å². The summed E-state index contributed by atoms with van der Waals surface area (Å²) in [5.41, 5.74) is 0.980. The number of nitrogens with one attached hydrogen (secondary N) is 1. The number of methoxy groups -OCH3 is 2. The van der Waals surface area contributed by atoms with Crippen molar-refractivity contribution in [1.82, 2.24) is 10.2 Å². The van der Waals surface area contributed by atoms with Gasteiger partial charge in [0.1, 0.15) is 5.75 Å². The molecule has 1 amide bonds. The molecule has 1 aromatic carbocycles. The van der Waals surface area contributed by atoms with Crippen LogP contribution in [0.5, 0.6) is 5.75 Å². The fourth-order valence-electron chi connectivity index (χ4n) is 2.62. The first-order valence-electron chi connectivity index (χ1n) is 7.93. The molecule has 1 aromatic rings. The number of rotatable bonds is 8. The molecule has 0 fully saturated rings. The molecule has 0 bridgehead atoms. The van der Waals surface area contributed by atoms with E-state index in [1.54, 1.807) is 12.0 Å². The van der Waals surface area contributed by atoms with Crippen molar-refractivity contribution in [2.75, 3.05) is 47.1 Å². The summed E-state index contributed by atoms with van der Waals surface area (Å²) in [6.45, 7) is 1.64. The van der Waals surface area contributed by atoms with Crippen molar-refractivity contribution in [2.24, 2.45) is 0 Å². The summed E-state index contributed by atoms with van der Waals surface area (Å²) in [6.07, 6.45) is 0.720. The SMILES string of the molecule is COCCN(CC(=O)N[C@H]1CCOc2ccccc21)CC(=O)OC. The summed E-state index contributed by atoms with van der Waals surface area (Å²) in [6, 6.07) is 7.61. The van der Waals surface area contributed by atoms with E-state index < -0.39 is 0 Å². The summed E-state index contributed by atoms with van der Waals surface area (Å²) >= 11 is 0. The monoisotopic (exact) mass is 336 g/mol. The van der Waals surface area contributed by atoms with Gasteiger partial charge in [-0.2, -0.15) is 0 Å². The van der Waals surface area contributed by atoms with Gasteiger partial charge in [-0.1, -0.05) is 18.2 Å². The number of hydrogen-bond donors (Lipinski definition) is 1. The summed E-state index contributed by atoms with van der Waals surface area (Å²) in [5.74, 6) is 0.284. The van der Waals surface area contributed by atoms with Gasteiger partial charge in [0.2, 0.25) is 5.91 Å². The van der Waals surface area contributed by atoms with Crippen molar-refractivity contribution in [3.63, 3.8) is 0 Å². The lowest BCUT2D eigenvalue weighted by atomic mass is 10.0. The Labute approximate surface area is 141 Å². The second-order valence-electron chi connectivity index (χ2n) is 5.57. The van der Waals surface area contributed by atoms with Crippen molar-refractivity contribution in [2.45, 2.75) is 12.5 Å². The minimum absolute atomic E-state index is 0.0532. The van der Waals surface area contributed by atoms with Crippen molar-refractivity contribution >= 4 is 11.9 Å². The molecule has 2 rings (SSSR count). The van der Waals surface area contributed by atoms with E-state index in [4.69, 9.17) is 9.47 Å². The van der Waals surface area contributed by atoms with Crippen LogP contribution in [0, 0.1) is 0 Å². The first kappa shape index (κ1) is 18.2. The van der Waals surface area contributed by atoms with Crippen LogP contribution in [0.2, 0.25) is 0 Å². The number of para-hydroxylation sites is 1. The number of carbonyl (C=O) groups is 2. The lowest BCUT2D eigenvalue weighted by molar-refractivity contribution is -0.142. The zero-order valence-electron chi connectivity index (χ0n) is 14.1. The third-order valence-electron chi connectivity index (χ3n) is 3.85. The van der Waals surface area contributed by atoms with Gasteiger partial charge in [0.15, 0.2) is 0 Å². The standard InChI is InChI=1S/C17H24N2O5/c1-22-10-8-19(12-17(21)23-2)11-16(20)18-14-7-9-24-15-6-4-3-5-13(14)15/h3-6,14H,7-12H2,1-2H3,(H,18,20)/t14-/m0/s1. The van der Waals surface area contributed by atoms with Gasteiger partial charge >= 0.3 is 5.97 Å². The first-order valence-corrected chi connectivity index (χ1v) is 7.93. The fourth-order valence-corrected chi connectivity index (χ4v) is 2.62. The maximum atomic E-state index is 12.4. The van der Waals surface area contributed by atoms with Gasteiger partial charge in [-0.3, -0.25) is 14.5 Å². The minimum Gasteiger partial charge on any atom is -0.493 e. The molecule has 7 heteroatoms. The molecule has 1 aliphatic rings. The Balaban J connectivity index is 1.94. The number of ether oxygens (including phenoxy) is 3. The van der Waals surface area contributed by atoms with Gasteiger partial charge in [0, 0.05) is 25.6 Å². The fraction of sp³-hybridized carbons (Fsp3) is 0.529. The molecule has 0 aromatic heterocycles. The Morgan fingerprint density at radius 1 is 1.29 bits per heavy atom. The van der Waals surface area contributed by atoms with E-state index in [-0.39, 0.29) is 31.0 Å². The van der Waals surface area contributed by atoms with E-state index in [9.17, 15) is 9.59 Å². The number of carbonyl (C=O) groups excluding carboxylic acids is 2. The number of hydrogen-bond acceptors (Lipinski definition) is 6. The molecule has 0 aliphatic carbocycles. The summed E-state index contributed by atoms with van der Waals surface area (Å²) < 4.78 is 15.3. The molecule has 0 spiro atoms. The number of esters is 1. The highest BCUT2D eigenvalue weighted by atomic mass is 16.5. The van der Waals surface area contributed by atoms with Crippen molar-refractivity contribution < 1.29 is 23.8 Å². The third kappa shape index (κ3) is 5.21. The maximum Gasteiger partial charge on any atom is 0.319 e. The van der Waals surface area contributed by atoms with E-state index in [0.717, 1.165) is 17.7 Å². The summed E-state index contributed by atoms with van der Waals surface area (Å²) in [5, 5.41) is 3.02. The number of fused-ring (bicyclic) bond motifs is 1. The van der Waals surface area contributed by atoms with E-state index in [2.05, 4.69) is 10.1 Å². The van der Waals surface area contributed by atoms with Gasteiger partial charge in [-0.25, -0.2) is 0 Å². The molecule has 0 saturated carbocycles. The van der Waals surface area contributed by atoms with E-state index in [1.807, 2.05) is 24.3 Å². The number of amides is 1. The zero-order chi connectivity index (χ0) is 17.4. The van der Waals surface area contributed by atoms with Crippen LogP contribution in [0.3, 0.4) is 0 Å². The lowest BCUT2D eigenvalue weighted by Gasteiger charge is -2.28. The van der Waals surface area contributed by atoms with Crippen LogP contribution < -0.4 is 10.1 Å². The highest BCUT2D eigenvalue weighted by Crippen LogP contribution is 2.31. The molecular formula is C17H24N2O5. The Hall–Kier alpha value is -2.12. The van der Waals surface area contributed by atoms with E-state index in [0.29, 0.717) is 19.8 Å². The highest BCUT2D eigenvalue weighted by Gasteiger charge is 2.23. The predicted octanol–water partition coefficient (Wildman–Crippen LogP) is 0.748. The van der Waals surface area contributed by atoms with Crippen LogP contribution in [0.15, 0.2) is 24.3 Å². The highest BCUT2D eigenvalue weighted by molar-refractivity contribution is 5.79. The molecule has 0 saturated heterocycles.